The summed E-state index contributed by atoms with van der Waals surface area (Å²) in [6.07, 6.45) is 0. The van der Waals surface area contributed by atoms with Gasteiger partial charge >= 0.3 is 11.9 Å². The molecule has 2 aromatic rings. The minimum Gasteiger partial charge on any atom is -0.481 e. The standard InChI is InChI=1S/C17H14FNO6S/c1-25-17(22)10-6-7-13(18)15(8-10)26(23,24)19-9-12(16(20)21)11-4-2-3-5-14(11)19/h2-8,12H,9H2,1H3,(H,20,21)/t12-/m0/s1. The van der Waals surface area contributed by atoms with Crippen LogP contribution in [0.5, 0.6) is 0 Å². The molecule has 1 aliphatic rings. The second kappa shape index (κ2) is 6.41. The third-order valence-electron chi connectivity index (χ3n) is 4.15. The first-order valence-electron chi connectivity index (χ1n) is 7.49. The van der Waals surface area contributed by atoms with E-state index in [0.29, 0.717) is 5.56 Å². The van der Waals surface area contributed by atoms with Crippen LogP contribution in [0.15, 0.2) is 47.4 Å². The summed E-state index contributed by atoms with van der Waals surface area (Å²) >= 11 is 0. The molecule has 0 bridgehead atoms. The number of anilines is 1. The van der Waals surface area contributed by atoms with Gasteiger partial charge in [-0.05, 0) is 29.8 Å². The molecule has 136 valence electrons. The van der Waals surface area contributed by atoms with Crippen LogP contribution in [0.3, 0.4) is 0 Å². The highest BCUT2D eigenvalue weighted by atomic mass is 32.2. The number of rotatable bonds is 4. The normalized spacial score (nSPS) is 16.2. The van der Waals surface area contributed by atoms with Crippen molar-refractivity contribution in [1.82, 2.24) is 0 Å². The van der Waals surface area contributed by atoms with Gasteiger partial charge in [-0.2, -0.15) is 0 Å². The topological polar surface area (TPSA) is 101 Å². The lowest BCUT2D eigenvalue weighted by Gasteiger charge is -2.20. The number of halogens is 1. The van der Waals surface area contributed by atoms with Gasteiger partial charge in [0.15, 0.2) is 0 Å². The largest absolute Gasteiger partial charge is 0.481 e. The molecule has 0 saturated carbocycles. The van der Waals surface area contributed by atoms with E-state index in [1.165, 1.54) is 12.1 Å². The van der Waals surface area contributed by atoms with Gasteiger partial charge in [-0.3, -0.25) is 9.10 Å². The molecule has 1 aliphatic heterocycles. The van der Waals surface area contributed by atoms with Crippen molar-refractivity contribution in [1.29, 1.82) is 0 Å². The van der Waals surface area contributed by atoms with Crippen LogP contribution in [0.25, 0.3) is 0 Å². The summed E-state index contributed by atoms with van der Waals surface area (Å²) in [5.41, 5.74) is 0.366. The van der Waals surface area contributed by atoms with Crippen LogP contribution in [0.2, 0.25) is 0 Å². The van der Waals surface area contributed by atoms with Crippen molar-refractivity contribution in [2.45, 2.75) is 10.8 Å². The van der Waals surface area contributed by atoms with Gasteiger partial charge < -0.3 is 9.84 Å². The average molecular weight is 379 g/mol. The van der Waals surface area contributed by atoms with Crippen molar-refractivity contribution in [3.63, 3.8) is 0 Å². The van der Waals surface area contributed by atoms with Gasteiger partial charge in [0.25, 0.3) is 10.0 Å². The van der Waals surface area contributed by atoms with Crippen molar-refractivity contribution in [3.05, 3.63) is 59.4 Å². The molecule has 0 amide bonds. The third-order valence-corrected chi connectivity index (χ3v) is 5.94. The molecule has 2 aromatic carbocycles. The first kappa shape index (κ1) is 17.9. The van der Waals surface area contributed by atoms with E-state index in [4.69, 9.17) is 0 Å². The Labute approximate surface area is 148 Å². The Hall–Kier alpha value is -2.94. The number of fused-ring (bicyclic) bond motifs is 1. The van der Waals surface area contributed by atoms with Gasteiger partial charge in [-0.15, -0.1) is 0 Å². The monoisotopic (exact) mass is 379 g/mol. The zero-order chi connectivity index (χ0) is 19.1. The number of ether oxygens (including phenoxy) is 1. The summed E-state index contributed by atoms with van der Waals surface area (Å²) in [6.45, 7) is -0.362. The minimum absolute atomic E-state index is 0.130. The number of benzene rings is 2. The fourth-order valence-electron chi connectivity index (χ4n) is 2.88. The van der Waals surface area contributed by atoms with Crippen molar-refractivity contribution < 1.29 is 32.2 Å². The number of hydrogen-bond acceptors (Lipinski definition) is 5. The highest BCUT2D eigenvalue weighted by molar-refractivity contribution is 7.92. The number of carboxylic acid groups (broad SMARTS) is 1. The van der Waals surface area contributed by atoms with Crippen molar-refractivity contribution in [3.8, 4) is 0 Å². The molecule has 26 heavy (non-hydrogen) atoms. The Morgan fingerprint density at radius 2 is 1.92 bits per heavy atom. The SMILES string of the molecule is COC(=O)c1ccc(F)c(S(=O)(=O)N2C[C@H](C(=O)O)c3ccccc32)c1. The van der Waals surface area contributed by atoms with E-state index in [1.54, 1.807) is 12.1 Å². The molecule has 7 nitrogen and oxygen atoms in total. The molecule has 0 spiro atoms. The third kappa shape index (κ3) is 2.80. The van der Waals surface area contributed by atoms with Crippen LogP contribution < -0.4 is 4.31 Å². The number of carbonyl (C=O) groups is 2. The van der Waals surface area contributed by atoms with Crippen LogP contribution in [0, 0.1) is 5.82 Å². The summed E-state index contributed by atoms with van der Waals surface area (Å²) in [5, 5.41) is 9.36. The molecule has 3 rings (SSSR count). The zero-order valence-electron chi connectivity index (χ0n) is 13.5. The Kier molecular flexibility index (Phi) is 4.41. The van der Waals surface area contributed by atoms with Crippen LogP contribution in [0.4, 0.5) is 10.1 Å². The second-order valence-electron chi connectivity index (χ2n) is 5.62. The Morgan fingerprint density at radius 1 is 1.23 bits per heavy atom. The molecule has 9 heteroatoms. The average Bonchev–Trinajstić information content (AvgIpc) is 3.02. The number of methoxy groups -OCH3 is 1. The van der Waals surface area contributed by atoms with E-state index in [2.05, 4.69) is 4.74 Å². The fourth-order valence-corrected chi connectivity index (χ4v) is 4.47. The van der Waals surface area contributed by atoms with Gasteiger partial charge in [0.2, 0.25) is 0 Å². The smallest absolute Gasteiger partial charge is 0.337 e. The highest BCUT2D eigenvalue weighted by Gasteiger charge is 2.40. The minimum atomic E-state index is -4.43. The first-order valence-corrected chi connectivity index (χ1v) is 8.93. The lowest BCUT2D eigenvalue weighted by atomic mass is 10.0. The van der Waals surface area contributed by atoms with Crippen LogP contribution in [-0.4, -0.2) is 39.1 Å². The van der Waals surface area contributed by atoms with Gasteiger partial charge in [0.05, 0.1) is 24.9 Å². The van der Waals surface area contributed by atoms with Crippen molar-refractivity contribution in [2.24, 2.45) is 0 Å². The van der Waals surface area contributed by atoms with Gasteiger partial charge in [0.1, 0.15) is 16.6 Å². The zero-order valence-corrected chi connectivity index (χ0v) is 14.4. The predicted octanol–water partition coefficient (Wildman–Crippen LogP) is 1.99. The molecule has 1 heterocycles. The molecule has 0 saturated heterocycles. The summed E-state index contributed by atoms with van der Waals surface area (Å²) in [6, 6.07) is 8.99. The molecular weight excluding hydrogens is 365 g/mol. The summed E-state index contributed by atoms with van der Waals surface area (Å²) in [4.78, 5) is 22.4. The molecule has 0 unspecified atom stereocenters. The van der Waals surface area contributed by atoms with E-state index < -0.39 is 38.6 Å². The number of sulfonamides is 1. The van der Waals surface area contributed by atoms with Crippen LogP contribution >= 0.6 is 0 Å². The highest BCUT2D eigenvalue weighted by Crippen LogP contribution is 2.40. The summed E-state index contributed by atoms with van der Waals surface area (Å²) in [7, 11) is -3.31. The van der Waals surface area contributed by atoms with Gasteiger partial charge in [-0.25, -0.2) is 17.6 Å². The number of hydrogen-bond donors (Lipinski definition) is 1. The first-order chi connectivity index (χ1) is 12.3. The Balaban J connectivity index is 2.13. The van der Waals surface area contributed by atoms with Crippen LogP contribution in [0.1, 0.15) is 21.8 Å². The van der Waals surface area contributed by atoms with Crippen LogP contribution in [-0.2, 0) is 19.6 Å². The second-order valence-corrected chi connectivity index (χ2v) is 7.45. The van der Waals surface area contributed by atoms with Gasteiger partial charge in [0, 0.05) is 0 Å². The molecule has 0 radical (unpaired) electrons. The van der Waals surface area contributed by atoms with Crippen molar-refractivity contribution >= 4 is 27.6 Å². The quantitative estimate of drug-likeness (QED) is 0.816. The number of carboxylic acids is 1. The van der Waals surface area contributed by atoms with E-state index in [9.17, 15) is 27.5 Å². The maximum atomic E-state index is 14.2. The van der Waals surface area contributed by atoms with E-state index in [0.717, 1.165) is 29.6 Å². The predicted molar refractivity (Wildman–Crippen MR) is 89.1 cm³/mol. The Morgan fingerprint density at radius 3 is 2.58 bits per heavy atom. The number of esters is 1. The molecule has 0 aromatic heterocycles. The number of carbonyl (C=O) groups excluding carboxylic acids is 1. The molecule has 0 aliphatic carbocycles. The Bertz CT molecular complexity index is 1000. The maximum Gasteiger partial charge on any atom is 0.337 e. The molecule has 1 atom stereocenters. The van der Waals surface area contributed by atoms with E-state index in [1.807, 2.05) is 0 Å². The summed E-state index contributed by atoms with van der Waals surface area (Å²) in [5.74, 6) is -4.10. The number of aliphatic carboxylic acids is 1. The van der Waals surface area contributed by atoms with E-state index in [-0.39, 0.29) is 17.8 Å². The lowest BCUT2D eigenvalue weighted by molar-refractivity contribution is -0.138. The number of nitrogens with zero attached hydrogens (tertiary/aromatic N) is 1. The molecule has 0 fully saturated rings. The van der Waals surface area contributed by atoms with Crippen molar-refractivity contribution in [2.75, 3.05) is 18.0 Å². The molecule has 1 N–H and O–H groups in total. The summed E-state index contributed by atoms with van der Waals surface area (Å²) < 4.78 is 45.6. The maximum absolute atomic E-state index is 14.2. The van der Waals surface area contributed by atoms with E-state index >= 15 is 0 Å². The molecular formula is C17H14FNO6S. The fraction of sp³-hybridized carbons (Fsp3) is 0.176. The van der Waals surface area contributed by atoms with Gasteiger partial charge in [-0.1, -0.05) is 18.2 Å². The lowest BCUT2D eigenvalue weighted by Crippen LogP contribution is -2.32. The number of para-hydroxylation sites is 1.